The Morgan fingerprint density at radius 3 is 2.56 bits per heavy atom. The standard InChI is InChI=1S/C6H11NO2/c1-5(2)3-4-9-6(7)8/h3H,4H2,1-2H3,(H2,7,8). The third kappa shape index (κ3) is 7.01. The van der Waals surface area contributed by atoms with E-state index in [2.05, 4.69) is 10.5 Å². The summed E-state index contributed by atoms with van der Waals surface area (Å²) in [6.45, 7) is 4.12. The Hall–Kier alpha value is -0.990. The largest absolute Gasteiger partial charge is 0.445 e. The predicted molar refractivity (Wildman–Crippen MR) is 35.0 cm³/mol. The third-order valence-corrected chi connectivity index (χ3v) is 0.717. The maximum absolute atomic E-state index is 9.95. The first-order valence-electron chi connectivity index (χ1n) is 2.68. The molecule has 0 saturated carbocycles. The van der Waals surface area contributed by atoms with Gasteiger partial charge in [0.15, 0.2) is 0 Å². The molecule has 0 aromatic carbocycles. The van der Waals surface area contributed by atoms with Crippen molar-refractivity contribution in [3.8, 4) is 0 Å². The van der Waals surface area contributed by atoms with Gasteiger partial charge in [0, 0.05) is 0 Å². The van der Waals surface area contributed by atoms with Gasteiger partial charge in [-0.2, -0.15) is 0 Å². The van der Waals surface area contributed by atoms with Gasteiger partial charge < -0.3 is 10.5 Å². The first-order valence-corrected chi connectivity index (χ1v) is 2.68. The fraction of sp³-hybridized carbons (Fsp3) is 0.500. The van der Waals surface area contributed by atoms with Crippen LogP contribution in [0.1, 0.15) is 13.8 Å². The molecule has 2 N–H and O–H groups in total. The van der Waals surface area contributed by atoms with E-state index in [1.54, 1.807) is 6.08 Å². The summed E-state index contributed by atoms with van der Waals surface area (Å²) >= 11 is 0. The summed E-state index contributed by atoms with van der Waals surface area (Å²) in [5, 5.41) is 0. The Bertz CT molecular complexity index is 125. The number of ether oxygens (including phenoxy) is 1. The van der Waals surface area contributed by atoms with Crippen molar-refractivity contribution in [2.24, 2.45) is 5.73 Å². The van der Waals surface area contributed by atoms with Crippen molar-refractivity contribution in [2.45, 2.75) is 13.8 Å². The zero-order valence-corrected chi connectivity index (χ0v) is 5.68. The van der Waals surface area contributed by atoms with Crippen LogP contribution in [0.5, 0.6) is 0 Å². The van der Waals surface area contributed by atoms with Gasteiger partial charge in [0.05, 0.1) is 0 Å². The minimum absolute atomic E-state index is 0.275. The van der Waals surface area contributed by atoms with E-state index in [-0.39, 0.29) is 6.61 Å². The summed E-state index contributed by atoms with van der Waals surface area (Å²) in [6.07, 6.45) is 1.05. The lowest BCUT2D eigenvalue weighted by Crippen LogP contribution is -2.12. The van der Waals surface area contributed by atoms with E-state index in [9.17, 15) is 4.79 Å². The van der Waals surface area contributed by atoms with E-state index in [1.165, 1.54) is 0 Å². The number of carbonyl (C=O) groups is 1. The van der Waals surface area contributed by atoms with Crippen LogP contribution < -0.4 is 5.73 Å². The molecule has 0 fully saturated rings. The van der Waals surface area contributed by atoms with Gasteiger partial charge >= 0.3 is 6.09 Å². The van der Waals surface area contributed by atoms with Crippen molar-refractivity contribution in [3.05, 3.63) is 11.6 Å². The van der Waals surface area contributed by atoms with Crippen molar-refractivity contribution in [3.63, 3.8) is 0 Å². The highest BCUT2D eigenvalue weighted by molar-refractivity contribution is 5.64. The summed E-state index contributed by atoms with van der Waals surface area (Å²) in [4.78, 5) is 9.95. The van der Waals surface area contributed by atoms with Gasteiger partial charge in [-0.3, -0.25) is 0 Å². The summed E-state index contributed by atoms with van der Waals surface area (Å²) in [5.74, 6) is 0. The lowest BCUT2D eigenvalue weighted by Gasteiger charge is -1.94. The molecular weight excluding hydrogens is 118 g/mol. The monoisotopic (exact) mass is 129 g/mol. The minimum atomic E-state index is -0.729. The van der Waals surface area contributed by atoms with E-state index in [4.69, 9.17) is 0 Å². The molecule has 0 atom stereocenters. The first kappa shape index (κ1) is 8.01. The molecule has 0 bridgehead atoms. The smallest absolute Gasteiger partial charge is 0.404 e. The molecule has 0 aromatic rings. The Labute approximate surface area is 54.5 Å². The maximum atomic E-state index is 9.95. The molecule has 52 valence electrons. The van der Waals surface area contributed by atoms with E-state index in [0.29, 0.717) is 0 Å². The number of carbonyl (C=O) groups excluding carboxylic acids is 1. The molecule has 0 radical (unpaired) electrons. The molecule has 1 amide bonds. The van der Waals surface area contributed by atoms with Crippen molar-refractivity contribution < 1.29 is 9.53 Å². The van der Waals surface area contributed by atoms with Crippen molar-refractivity contribution >= 4 is 6.09 Å². The van der Waals surface area contributed by atoms with Crippen LogP contribution in [0, 0.1) is 0 Å². The van der Waals surface area contributed by atoms with Gasteiger partial charge in [-0.1, -0.05) is 5.57 Å². The molecule has 0 aliphatic rings. The summed E-state index contributed by atoms with van der Waals surface area (Å²) in [7, 11) is 0. The molecular formula is C6H11NO2. The van der Waals surface area contributed by atoms with Gasteiger partial charge in [-0.25, -0.2) is 4.79 Å². The van der Waals surface area contributed by atoms with Gasteiger partial charge in [0.2, 0.25) is 0 Å². The second kappa shape index (κ2) is 3.95. The summed E-state index contributed by atoms with van der Waals surface area (Å²) in [5.41, 5.74) is 5.80. The molecule has 9 heavy (non-hydrogen) atoms. The zero-order chi connectivity index (χ0) is 7.28. The highest BCUT2D eigenvalue weighted by Gasteiger charge is 1.87. The number of hydrogen-bond donors (Lipinski definition) is 1. The van der Waals surface area contributed by atoms with Gasteiger partial charge in [-0.05, 0) is 19.9 Å². The molecule has 0 aromatic heterocycles. The van der Waals surface area contributed by atoms with E-state index in [1.807, 2.05) is 13.8 Å². The number of amides is 1. The number of nitrogens with two attached hydrogens (primary N) is 1. The third-order valence-electron chi connectivity index (χ3n) is 0.717. The van der Waals surface area contributed by atoms with Crippen LogP contribution in [0.15, 0.2) is 11.6 Å². The van der Waals surface area contributed by atoms with Crippen LogP contribution in [-0.4, -0.2) is 12.7 Å². The molecule has 0 saturated heterocycles. The quantitative estimate of drug-likeness (QED) is 0.566. The molecule has 0 spiro atoms. The Kier molecular flexibility index (Phi) is 3.51. The van der Waals surface area contributed by atoms with E-state index >= 15 is 0 Å². The maximum Gasteiger partial charge on any atom is 0.404 e. The van der Waals surface area contributed by atoms with Gasteiger partial charge in [0.1, 0.15) is 6.61 Å². The van der Waals surface area contributed by atoms with E-state index < -0.39 is 6.09 Å². The molecule has 0 unspecified atom stereocenters. The van der Waals surface area contributed by atoms with Gasteiger partial charge in [-0.15, -0.1) is 0 Å². The van der Waals surface area contributed by atoms with Gasteiger partial charge in [0.25, 0.3) is 0 Å². The van der Waals surface area contributed by atoms with Crippen LogP contribution in [-0.2, 0) is 4.74 Å². The lowest BCUT2D eigenvalue weighted by molar-refractivity contribution is 0.169. The van der Waals surface area contributed by atoms with Crippen LogP contribution in [0.3, 0.4) is 0 Å². The normalized spacial score (nSPS) is 8.22. The highest BCUT2D eigenvalue weighted by atomic mass is 16.5. The SMILES string of the molecule is CC(C)=CCOC(N)=O. The topological polar surface area (TPSA) is 52.3 Å². The number of allylic oxidation sites excluding steroid dienone is 1. The van der Waals surface area contributed by atoms with Crippen molar-refractivity contribution in [1.82, 2.24) is 0 Å². The molecule has 0 aliphatic carbocycles. The summed E-state index contributed by atoms with van der Waals surface area (Å²) < 4.78 is 4.42. The number of rotatable bonds is 2. The average Bonchev–Trinajstić information content (AvgIpc) is 1.63. The highest BCUT2D eigenvalue weighted by Crippen LogP contribution is 1.87. The Balaban J connectivity index is 3.31. The second-order valence-corrected chi connectivity index (χ2v) is 1.91. The van der Waals surface area contributed by atoms with Crippen molar-refractivity contribution in [2.75, 3.05) is 6.61 Å². The Morgan fingerprint density at radius 2 is 2.22 bits per heavy atom. The fourth-order valence-electron chi connectivity index (χ4n) is 0.290. The molecule has 0 rings (SSSR count). The first-order chi connectivity index (χ1) is 4.13. The average molecular weight is 129 g/mol. The minimum Gasteiger partial charge on any atom is -0.445 e. The van der Waals surface area contributed by atoms with Crippen LogP contribution in [0.4, 0.5) is 4.79 Å². The Morgan fingerprint density at radius 1 is 1.67 bits per heavy atom. The lowest BCUT2D eigenvalue weighted by atomic mass is 10.3. The van der Waals surface area contributed by atoms with Crippen LogP contribution in [0.25, 0.3) is 0 Å². The summed E-state index contributed by atoms with van der Waals surface area (Å²) in [6, 6.07) is 0. The number of primary amides is 1. The second-order valence-electron chi connectivity index (χ2n) is 1.91. The molecule has 0 aliphatic heterocycles. The molecule has 0 heterocycles. The fourth-order valence-corrected chi connectivity index (χ4v) is 0.290. The van der Waals surface area contributed by atoms with E-state index in [0.717, 1.165) is 5.57 Å². The molecule has 3 nitrogen and oxygen atoms in total. The van der Waals surface area contributed by atoms with Crippen molar-refractivity contribution in [1.29, 1.82) is 0 Å². The number of hydrogen-bond acceptors (Lipinski definition) is 2. The zero-order valence-electron chi connectivity index (χ0n) is 5.68. The predicted octanol–water partition coefficient (Wildman–Crippen LogP) is 1.05. The van der Waals surface area contributed by atoms with Crippen LogP contribution >= 0.6 is 0 Å². The molecule has 3 heteroatoms. The van der Waals surface area contributed by atoms with Crippen LogP contribution in [0.2, 0.25) is 0 Å².